The van der Waals surface area contributed by atoms with Crippen molar-refractivity contribution in [3.8, 4) is 0 Å². The summed E-state index contributed by atoms with van der Waals surface area (Å²) in [5, 5.41) is 8.39. The number of alkyl halides is 6. The summed E-state index contributed by atoms with van der Waals surface area (Å²) < 4.78 is 74.2. The average Bonchev–Trinajstić information content (AvgIpc) is 2.13. The van der Waals surface area contributed by atoms with Crippen LogP contribution in [0.1, 0.15) is 11.1 Å². The Morgan fingerprint density at radius 1 is 0.944 bits per heavy atom. The molecule has 0 bridgehead atoms. The number of rotatable bonds is 2. The number of hydrogen-bond acceptors (Lipinski definition) is 1. The van der Waals surface area contributed by atoms with Gasteiger partial charge in [0.2, 0.25) is 0 Å². The second-order valence-electron chi connectivity index (χ2n) is 3.48. The van der Waals surface area contributed by atoms with Crippen LogP contribution >= 0.6 is 0 Å². The maximum atomic E-state index is 12.4. The van der Waals surface area contributed by atoms with Crippen LogP contribution in [0.25, 0.3) is 0 Å². The highest BCUT2D eigenvalue weighted by atomic mass is 19.4. The largest absolute Gasteiger partial charge is 0.489 e. The lowest BCUT2D eigenvalue weighted by molar-refractivity contribution is -0.142. The van der Waals surface area contributed by atoms with Crippen molar-refractivity contribution in [2.24, 2.45) is 0 Å². The minimum atomic E-state index is -4.96. The maximum Gasteiger partial charge on any atom is 0.416 e. The van der Waals surface area contributed by atoms with Gasteiger partial charge in [0.15, 0.2) is 0 Å². The van der Waals surface area contributed by atoms with Gasteiger partial charge in [-0.2, -0.15) is 26.3 Å². The van der Waals surface area contributed by atoms with Gasteiger partial charge in [-0.3, -0.25) is 4.79 Å². The fraction of sp³-hybridized carbons (Fsp3) is 0.222. The molecule has 1 N–H and O–H groups in total. The highest BCUT2D eigenvalue weighted by molar-refractivity contribution is 6.82. The zero-order valence-electron chi connectivity index (χ0n) is 8.56. The van der Waals surface area contributed by atoms with Crippen LogP contribution in [0.2, 0.25) is 0 Å². The van der Waals surface area contributed by atoms with Crippen molar-refractivity contribution in [3.05, 3.63) is 29.3 Å². The summed E-state index contributed by atoms with van der Waals surface area (Å²) in [6.45, 7) is 0. The molecule has 0 saturated heterocycles. The summed E-state index contributed by atoms with van der Waals surface area (Å²) in [7, 11) is -0.910. The predicted molar refractivity (Wildman–Crippen MR) is 51.3 cm³/mol. The third-order valence-corrected chi connectivity index (χ3v) is 2.00. The Hall–Kier alpha value is -1.67. The van der Waals surface area contributed by atoms with Crippen molar-refractivity contribution < 1.29 is 36.2 Å². The fourth-order valence-corrected chi connectivity index (χ4v) is 1.30. The molecule has 0 aliphatic heterocycles. The van der Waals surface area contributed by atoms with Gasteiger partial charge in [-0.25, -0.2) is 0 Å². The summed E-state index contributed by atoms with van der Waals surface area (Å²) in [6.07, 6.45) is -9.93. The van der Waals surface area contributed by atoms with Crippen LogP contribution in [0.5, 0.6) is 0 Å². The molecule has 0 fully saturated rings. The van der Waals surface area contributed by atoms with E-state index in [2.05, 4.69) is 0 Å². The number of hydrogen-bond donors (Lipinski definition) is 1. The summed E-state index contributed by atoms with van der Waals surface area (Å²) in [5.74, 6) is -1.51. The minimum absolute atomic E-state index is 0.0502. The molecule has 0 saturated carbocycles. The Balaban J connectivity index is 3.34. The quantitative estimate of drug-likeness (QED) is 0.662. The van der Waals surface area contributed by atoms with Crippen LogP contribution in [0.3, 0.4) is 0 Å². The SMILES string of the molecule is O=C(O)Bc1cc(C(F)(F)F)cc(C(F)(F)F)c1. The van der Waals surface area contributed by atoms with Crippen LogP contribution < -0.4 is 5.46 Å². The fourth-order valence-electron chi connectivity index (χ4n) is 1.30. The molecule has 2 nitrogen and oxygen atoms in total. The van der Waals surface area contributed by atoms with E-state index in [0.29, 0.717) is 12.1 Å². The van der Waals surface area contributed by atoms with Gasteiger partial charge >= 0.3 is 12.4 Å². The monoisotopic (exact) mass is 270 g/mol. The Bertz CT molecular complexity index is 433. The molecule has 18 heavy (non-hydrogen) atoms. The highest BCUT2D eigenvalue weighted by Crippen LogP contribution is 2.34. The van der Waals surface area contributed by atoms with E-state index < -0.39 is 42.1 Å². The standard InChI is InChI=1S/C9H5BF6O2/c11-8(12,13)4-1-5(9(14,15)16)3-6(2-4)10-7(17)18/h1-3,10H,(H,17,18). The zero-order valence-corrected chi connectivity index (χ0v) is 8.56. The Morgan fingerprint density at radius 2 is 1.33 bits per heavy atom. The van der Waals surface area contributed by atoms with Gasteiger partial charge in [0, 0.05) is 0 Å². The lowest BCUT2D eigenvalue weighted by Gasteiger charge is -2.13. The van der Waals surface area contributed by atoms with E-state index in [0.717, 1.165) is 0 Å². The van der Waals surface area contributed by atoms with Gasteiger partial charge in [0.25, 0.3) is 13.1 Å². The molecule has 0 aliphatic carbocycles. The first-order valence-electron chi connectivity index (χ1n) is 4.50. The molecule has 0 aliphatic rings. The van der Waals surface area contributed by atoms with Gasteiger partial charge in [-0.05, 0) is 6.07 Å². The molecule has 0 amide bonds. The molecule has 0 atom stereocenters. The summed E-state index contributed by atoms with van der Waals surface area (Å²) in [4.78, 5) is 10.3. The van der Waals surface area contributed by atoms with Crippen LogP contribution in [0.4, 0.5) is 31.1 Å². The molecule has 1 aromatic carbocycles. The summed E-state index contributed by atoms with van der Waals surface area (Å²) in [5.41, 5.74) is -3.59. The van der Waals surface area contributed by atoms with E-state index in [1.54, 1.807) is 0 Å². The van der Waals surface area contributed by atoms with Crippen molar-refractivity contribution in [1.29, 1.82) is 0 Å². The number of benzene rings is 1. The van der Waals surface area contributed by atoms with Crippen LogP contribution in [-0.4, -0.2) is 18.3 Å². The van der Waals surface area contributed by atoms with E-state index in [9.17, 15) is 31.1 Å². The molecule has 0 aromatic heterocycles. The Labute approximate surface area is 97.5 Å². The first-order valence-corrected chi connectivity index (χ1v) is 4.50. The molecular formula is C9H5BF6O2. The van der Waals surface area contributed by atoms with E-state index >= 15 is 0 Å². The average molecular weight is 270 g/mol. The zero-order chi connectivity index (χ0) is 14.1. The van der Waals surface area contributed by atoms with Crippen LogP contribution in [0, 0.1) is 0 Å². The smallest absolute Gasteiger partial charge is 0.416 e. The Kier molecular flexibility index (Phi) is 3.63. The molecule has 0 radical (unpaired) electrons. The normalized spacial score (nSPS) is 12.3. The molecule has 1 rings (SSSR count). The second kappa shape index (κ2) is 4.54. The molecule has 0 heterocycles. The molecule has 0 spiro atoms. The molecular weight excluding hydrogens is 265 g/mol. The lowest BCUT2D eigenvalue weighted by Crippen LogP contribution is -2.26. The second-order valence-corrected chi connectivity index (χ2v) is 3.48. The lowest BCUT2D eigenvalue weighted by atomic mass is 9.69. The third kappa shape index (κ3) is 3.68. The number of halogens is 6. The van der Waals surface area contributed by atoms with Crippen molar-refractivity contribution in [3.63, 3.8) is 0 Å². The number of carboxylic acid groups (broad SMARTS) is 1. The van der Waals surface area contributed by atoms with Crippen molar-refractivity contribution >= 4 is 18.6 Å². The molecule has 1 aromatic rings. The third-order valence-electron chi connectivity index (χ3n) is 2.00. The van der Waals surface area contributed by atoms with E-state index in [4.69, 9.17) is 5.11 Å². The molecule has 9 heteroatoms. The van der Waals surface area contributed by atoms with Gasteiger partial charge in [-0.15, -0.1) is 0 Å². The van der Waals surface area contributed by atoms with Crippen LogP contribution in [-0.2, 0) is 12.4 Å². The molecule has 98 valence electrons. The predicted octanol–water partition coefficient (Wildman–Crippen LogP) is 2.46. The maximum absolute atomic E-state index is 12.4. The van der Waals surface area contributed by atoms with Crippen molar-refractivity contribution in [2.75, 3.05) is 0 Å². The van der Waals surface area contributed by atoms with Crippen molar-refractivity contribution in [1.82, 2.24) is 0 Å². The highest BCUT2D eigenvalue weighted by Gasteiger charge is 2.37. The van der Waals surface area contributed by atoms with E-state index in [-0.39, 0.29) is 6.07 Å². The van der Waals surface area contributed by atoms with E-state index in [1.165, 1.54) is 0 Å². The first kappa shape index (κ1) is 14.4. The number of carbonyl (C=O) groups is 1. The minimum Gasteiger partial charge on any atom is -0.489 e. The summed E-state index contributed by atoms with van der Waals surface area (Å²) in [6, 6.07) is 0.734. The van der Waals surface area contributed by atoms with Gasteiger partial charge in [0.05, 0.1) is 11.1 Å². The topological polar surface area (TPSA) is 37.3 Å². The van der Waals surface area contributed by atoms with Crippen LogP contribution in [0.15, 0.2) is 18.2 Å². The van der Waals surface area contributed by atoms with Gasteiger partial charge in [-0.1, -0.05) is 17.6 Å². The first-order chi connectivity index (χ1) is 8.00. The Morgan fingerprint density at radius 3 is 1.61 bits per heavy atom. The summed E-state index contributed by atoms with van der Waals surface area (Å²) >= 11 is 0. The van der Waals surface area contributed by atoms with Gasteiger partial charge in [0.1, 0.15) is 0 Å². The van der Waals surface area contributed by atoms with Crippen molar-refractivity contribution in [2.45, 2.75) is 12.4 Å². The van der Waals surface area contributed by atoms with Gasteiger partial charge < -0.3 is 5.11 Å². The van der Waals surface area contributed by atoms with E-state index in [1.807, 2.05) is 0 Å². The molecule has 0 unspecified atom stereocenters.